The molecule has 4 N–H and O–H groups in total. The van der Waals surface area contributed by atoms with Gasteiger partial charge in [0.1, 0.15) is 6.04 Å². The van der Waals surface area contributed by atoms with Gasteiger partial charge in [0.05, 0.1) is 12.1 Å². The fourth-order valence-electron chi connectivity index (χ4n) is 1.87. The van der Waals surface area contributed by atoms with Gasteiger partial charge < -0.3 is 21.1 Å². The van der Waals surface area contributed by atoms with Crippen molar-refractivity contribution in [2.45, 2.75) is 72.5 Å². The number of carboxylic acid groups (broad SMARTS) is 1. The van der Waals surface area contributed by atoms with Crippen LogP contribution in [0.4, 0.5) is 0 Å². The first-order chi connectivity index (χ1) is 11.6. The number of rotatable bonds is 10. The minimum atomic E-state index is -0.994. The van der Waals surface area contributed by atoms with Gasteiger partial charge in [-0.3, -0.25) is 19.2 Å². The molecule has 8 heteroatoms. The van der Waals surface area contributed by atoms with Crippen LogP contribution in [-0.4, -0.2) is 53.8 Å². The van der Waals surface area contributed by atoms with Crippen LogP contribution in [-0.2, 0) is 19.2 Å². The van der Waals surface area contributed by atoms with Crippen molar-refractivity contribution in [1.29, 1.82) is 0 Å². The van der Waals surface area contributed by atoms with E-state index in [0.29, 0.717) is 0 Å². The first-order valence-electron chi connectivity index (χ1n) is 8.60. The Bertz CT molecular complexity index is 452. The van der Waals surface area contributed by atoms with E-state index in [-0.39, 0.29) is 24.5 Å². The number of ketones is 1. The third-order valence-electron chi connectivity index (χ3n) is 3.53. The van der Waals surface area contributed by atoms with Gasteiger partial charge in [-0.25, -0.2) is 0 Å². The molecule has 8 nitrogen and oxygen atoms in total. The number of amides is 2. The zero-order valence-electron chi connectivity index (χ0n) is 16.3. The molecule has 0 aliphatic carbocycles. The zero-order valence-corrected chi connectivity index (χ0v) is 16.3. The first kappa shape index (κ1) is 25.3. The molecule has 0 spiro atoms. The molecule has 0 saturated carbocycles. The van der Waals surface area contributed by atoms with Gasteiger partial charge in [-0.15, -0.1) is 0 Å². The van der Waals surface area contributed by atoms with Crippen LogP contribution in [0.5, 0.6) is 0 Å². The molecule has 0 saturated heterocycles. The minimum absolute atomic E-state index is 0.119. The van der Waals surface area contributed by atoms with Crippen molar-refractivity contribution >= 4 is 23.6 Å². The van der Waals surface area contributed by atoms with Crippen molar-refractivity contribution in [2.75, 3.05) is 7.05 Å². The number of carboxylic acids is 1. The second kappa shape index (κ2) is 13.3. The molecule has 0 aliphatic heterocycles. The van der Waals surface area contributed by atoms with Crippen molar-refractivity contribution in [1.82, 2.24) is 16.0 Å². The zero-order chi connectivity index (χ0) is 20.2. The first-order valence-corrected chi connectivity index (χ1v) is 8.60. The Hall–Kier alpha value is -1.96. The lowest BCUT2D eigenvalue weighted by atomic mass is 10.0. The Morgan fingerprint density at radius 2 is 1.48 bits per heavy atom. The fraction of sp³-hybridized carbons (Fsp3) is 0.765. The van der Waals surface area contributed by atoms with Crippen LogP contribution in [0, 0.1) is 5.92 Å². The third kappa shape index (κ3) is 10.5. The Labute approximate surface area is 150 Å². The highest BCUT2D eigenvalue weighted by Crippen LogP contribution is 2.05. The second-order valence-corrected chi connectivity index (χ2v) is 5.84. The number of hydrogen-bond acceptors (Lipinski definition) is 5. The van der Waals surface area contributed by atoms with E-state index in [1.54, 1.807) is 27.8 Å². The minimum Gasteiger partial charge on any atom is -0.481 e. The molecule has 0 radical (unpaired) electrons. The Kier molecular flexibility index (Phi) is 13.5. The Morgan fingerprint density at radius 1 is 0.960 bits per heavy atom. The molecule has 0 rings (SSSR count). The maximum atomic E-state index is 12.2. The van der Waals surface area contributed by atoms with E-state index in [2.05, 4.69) is 16.0 Å². The van der Waals surface area contributed by atoms with Crippen LogP contribution < -0.4 is 16.0 Å². The van der Waals surface area contributed by atoms with Crippen molar-refractivity contribution in [3.05, 3.63) is 0 Å². The van der Waals surface area contributed by atoms with Gasteiger partial charge in [-0.05, 0) is 33.2 Å². The molecule has 0 bridgehead atoms. The van der Waals surface area contributed by atoms with Gasteiger partial charge in [-0.2, -0.15) is 0 Å². The topological polar surface area (TPSA) is 125 Å². The molecule has 0 aromatic heterocycles. The summed E-state index contributed by atoms with van der Waals surface area (Å²) in [4.78, 5) is 46.3. The Balaban J connectivity index is 0. The maximum absolute atomic E-state index is 12.2. The number of carbonyl (C=O) groups is 4. The normalized spacial score (nSPS) is 13.8. The third-order valence-corrected chi connectivity index (χ3v) is 3.53. The fourth-order valence-corrected chi connectivity index (χ4v) is 1.87. The Morgan fingerprint density at radius 3 is 1.84 bits per heavy atom. The van der Waals surface area contributed by atoms with Gasteiger partial charge >= 0.3 is 5.97 Å². The van der Waals surface area contributed by atoms with Gasteiger partial charge in [0.15, 0.2) is 5.78 Å². The highest BCUT2D eigenvalue weighted by Gasteiger charge is 2.28. The average Bonchev–Trinajstić information content (AvgIpc) is 2.54. The van der Waals surface area contributed by atoms with Crippen molar-refractivity contribution in [2.24, 2.45) is 5.92 Å². The van der Waals surface area contributed by atoms with E-state index in [9.17, 15) is 19.2 Å². The lowest BCUT2D eigenvalue weighted by Gasteiger charge is -2.25. The lowest BCUT2D eigenvalue weighted by molar-refractivity contribution is -0.137. The van der Waals surface area contributed by atoms with Crippen LogP contribution in [0.1, 0.15) is 54.4 Å². The van der Waals surface area contributed by atoms with E-state index < -0.39 is 35.9 Å². The number of aliphatic carboxylic acids is 1. The van der Waals surface area contributed by atoms with Gasteiger partial charge in [-0.1, -0.05) is 27.7 Å². The smallest absolute Gasteiger partial charge is 0.303 e. The average molecular weight is 359 g/mol. The van der Waals surface area contributed by atoms with E-state index in [4.69, 9.17) is 5.11 Å². The summed E-state index contributed by atoms with van der Waals surface area (Å²) in [5.41, 5.74) is 0. The molecule has 3 unspecified atom stereocenters. The summed E-state index contributed by atoms with van der Waals surface area (Å²) in [5.74, 6) is -2.24. The molecule has 2 amide bonds. The molecular formula is C17H33N3O5. The molecule has 0 heterocycles. The SMILES string of the molecule is CC.CNC(CCC(=O)O)C(=O)NC(C(=O)NC(C)C(C)=O)C(C)C. The number of nitrogens with one attached hydrogen (secondary N) is 3. The van der Waals surface area contributed by atoms with E-state index >= 15 is 0 Å². The summed E-state index contributed by atoms with van der Waals surface area (Å²) >= 11 is 0. The van der Waals surface area contributed by atoms with E-state index in [1.807, 2.05) is 13.8 Å². The summed E-state index contributed by atoms with van der Waals surface area (Å²) in [6.07, 6.45) is -0.0349. The predicted octanol–water partition coefficient (Wildman–Crippen LogP) is 0.700. The highest BCUT2D eigenvalue weighted by atomic mass is 16.4. The molecule has 3 atom stereocenters. The van der Waals surface area contributed by atoms with E-state index in [1.165, 1.54) is 6.92 Å². The van der Waals surface area contributed by atoms with Crippen LogP contribution in [0.15, 0.2) is 0 Å². The van der Waals surface area contributed by atoms with Crippen LogP contribution >= 0.6 is 0 Å². The quantitative estimate of drug-likeness (QED) is 0.455. The summed E-state index contributed by atoms with van der Waals surface area (Å²) in [7, 11) is 1.55. The number of Topliss-reactive ketones (excluding diaryl/α,β-unsaturated/α-hetero) is 1. The molecular weight excluding hydrogens is 326 g/mol. The summed E-state index contributed by atoms with van der Waals surface area (Å²) in [6.45, 7) is 10.5. The number of hydrogen-bond donors (Lipinski definition) is 4. The number of likely N-dealkylation sites (N-methyl/N-ethyl adjacent to an activating group) is 1. The monoisotopic (exact) mass is 359 g/mol. The standard InChI is InChI=1S/C15H27N3O5.C2H6/c1-8(2)13(15(23)17-9(3)10(4)19)18-14(22)11(16-5)6-7-12(20)21;1-2/h8-9,11,13,16H,6-7H2,1-5H3,(H,17,23)(H,18,22)(H,20,21);1-2H3. The molecule has 0 aromatic rings. The van der Waals surface area contributed by atoms with Crippen LogP contribution in [0.3, 0.4) is 0 Å². The summed E-state index contributed by atoms with van der Waals surface area (Å²) in [5, 5.41) is 16.6. The van der Waals surface area contributed by atoms with Crippen molar-refractivity contribution < 1.29 is 24.3 Å². The molecule has 0 aromatic carbocycles. The molecule has 146 valence electrons. The summed E-state index contributed by atoms with van der Waals surface area (Å²) in [6, 6.07) is -2.14. The molecule has 25 heavy (non-hydrogen) atoms. The lowest BCUT2D eigenvalue weighted by Crippen LogP contribution is -2.56. The maximum Gasteiger partial charge on any atom is 0.303 e. The number of carbonyl (C=O) groups excluding carboxylic acids is 3. The second-order valence-electron chi connectivity index (χ2n) is 5.84. The molecule has 0 aliphatic rings. The largest absolute Gasteiger partial charge is 0.481 e. The van der Waals surface area contributed by atoms with E-state index in [0.717, 1.165) is 0 Å². The highest BCUT2D eigenvalue weighted by molar-refractivity contribution is 5.93. The van der Waals surface area contributed by atoms with Crippen molar-refractivity contribution in [3.63, 3.8) is 0 Å². The van der Waals surface area contributed by atoms with Gasteiger partial charge in [0.2, 0.25) is 11.8 Å². The molecule has 0 fully saturated rings. The van der Waals surface area contributed by atoms with Crippen molar-refractivity contribution in [3.8, 4) is 0 Å². The van der Waals surface area contributed by atoms with Crippen LogP contribution in [0.2, 0.25) is 0 Å². The predicted molar refractivity (Wildman–Crippen MR) is 96.1 cm³/mol. The summed E-state index contributed by atoms with van der Waals surface area (Å²) < 4.78 is 0. The van der Waals surface area contributed by atoms with Crippen LogP contribution in [0.25, 0.3) is 0 Å². The van der Waals surface area contributed by atoms with Gasteiger partial charge in [0, 0.05) is 6.42 Å². The van der Waals surface area contributed by atoms with Gasteiger partial charge in [0.25, 0.3) is 0 Å².